The van der Waals surface area contributed by atoms with Gasteiger partial charge in [-0.15, -0.1) is 11.3 Å². The molecule has 11 rings (SSSR count). The molecule has 1 aliphatic rings. The lowest BCUT2D eigenvalue weighted by atomic mass is 9.93. The van der Waals surface area contributed by atoms with E-state index in [0.717, 1.165) is 68.2 Å². The monoisotopic (exact) mass is 735 g/mol. The van der Waals surface area contributed by atoms with Crippen molar-refractivity contribution in [3.8, 4) is 67.5 Å². The maximum Gasteiger partial charge on any atom is 0.164 e. The van der Waals surface area contributed by atoms with Gasteiger partial charge in [-0.2, -0.15) is 0 Å². The van der Waals surface area contributed by atoms with Gasteiger partial charge in [0.25, 0.3) is 0 Å². The first-order valence-corrected chi connectivity index (χ1v) is 19.8. The number of thiophene rings is 1. The van der Waals surface area contributed by atoms with Gasteiger partial charge < -0.3 is 4.42 Å². The Balaban J connectivity index is 1.07. The van der Waals surface area contributed by atoms with E-state index in [1.807, 2.05) is 29.5 Å². The maximum atomic E-state index is 6.50. The van der Waals surface area contributed by atoms with Gasteiger partial charge in [0.05, 0.1) is 0 Å². The number of hydrogen-bond donors (Lipinski definition) is 0. The molecule has 0 bridgehead atoms. The normalized spacial score (nSPS) is 12.4. The highest BCUT2D eigenvalue weighted by Crippen LogP contribution is 2.43. The van der Waals surface area contributed by atoms with Crippen molar-refractivity contribution in [2.45, 2.75) is 12.8 Å². The summed E-state index contributed by atoms with van der Waals surface area (Å²) in [5, 5.41) is 3.39. The van der Waals surface area contributed by atoms with E-state index in [-0.39, 0.29) is 0 Å². The summed E-state index contributed by atoms with van der Waals surface area (Å²) in [5.41, 5.74) is 12.8. The third kappa shape index (κ3) is 5.55. The second-order valence-corrected chi connectivity index (χ2v) is 15.4. The summed E-state index contributed by atoms with van der Waals surface area (Å²) < 4.78 is 7.76. The predicted octanol–water partition coefficient (Wildman–Crippen LogP) is 13.9. The SMILES string of the molecule is C1=Cc2c(sc3cccc(-c4nc(-c5ccccc5)nc(-c5cccc(-c6cccc7oc8ccc(-c9ccccc9-c9ccccc9)cc8c67)c5)n4)c23)CC1. The van der Waals surface area contributed by atoms with Gasteiger partial charge >= 0.3 is 0 Å². The largest absolute Gasteiger partial charge is 0.456 e. The molecular weight excluding hydrogens is 703 g/mol. The molecule has 0 fully saturated rings. The van der Waals surface area contributed by atoms with Crippen LogP contribution in [-0.2, 0) is 6.42 Å². The molecule has 0 amide bonds. The Labute approximate surface area is 328 Å². The van der Waals surface area contributed by atoms with Gasteiger partial charge in [0, 0.05) is 42.4 Å². The maximum absolute atomic E-state index is 6.50. The number of hydrogen-bond acceptors (Lipinski definition) is 5. The van der Waals surface area contributed by atoms with Crippen LogP contribution in [-0.4, -0.2) is 15.0 Å². The smallest absolute Gasteiger partial charge is 0.164 e. The van der Waals surface area contributed by atoms with Gasteiger partial charge in [0.2, 0.25) is 0 Å². The van der Waals surface area contributed by atoms with Gasteiger partial charge in [-0.3, -0.25) is 0 Å². The Bertz CT molecular complexity index is 3140. The number of fused-ring (bicyclic) bond motifs is 6. The lowest BCUT2D eigenvalue weighted by molar-refractivity contribution is 0.669. The van der Waals surface area contributed by atoms with Crippen LogP contribution in [0.25, 0.3) is 106 Å². The molecule has 0 saturated heterocycles. The Hall–Kier alpha value is -6.95. The molecule has 0 aliphatic heterocycles. The van der Waals surface area contributed by atoms with Crippen molar-refractivity contribution in [3.63, 3.8) is 0 Å². The second-order valence-electron chi connectivity index (χ2n) is 14.2. The van der Waals surface area contributed by atoms with E-state index >= 15 is 0 Å². The van der Waals surface area contributed by atoms with Crippen LogP contribution in [0.15, 0.2) is 174 Å². The van der Waals surface area contributed by atoms with E-state index < -0.39 is 0 Å². The van der Waals surface area contributed by atoms with E-state index in [1.54, 1.807) is 0 Å². The Kier molecular flexibility index (Phi) is 7.78. The molecule has 4 nitrogen and oxygen atoms in total. The minimum atomic E-state index is 0.636. The predicted molar refractivity (Wildman–Crippen MR) is 232 cm³/mol. The Morgan fingerprint density at radius 2 is 1.07 bits per heavy atom. The van der Waals surface area contributed by atoms with Crippen molar-refractivity contribution in [3.05, 3.63) is 180 Å². The zero-order valence-electron chi connectivity index (χ0n) is 30.3. The molecule has 5 heteroatoms. The average Bonchev–Trinajstić information content (AvgIpc) is 3.85. The van der Waals surface area contributed by atoms with Crippen LogP contribution in [0.2, 0.25) is 0 Å². The van der Waals surface area contributed by atoms with Crippen LogP contribution in [0.1, 0.15) is 16.9 Å². The molecule has 1 aliphatic carbocycles. The molecule has 0 radical (unpaired) electrons. The molecule has 3 aromatic heterocycles. The zero-order chi connectivity index (χ0) is 37.0. The first-order valence-electron chi connectivity index (χ1n) is 19.0. The average molecular weight is 736 g/mol. The number of allylic oxidation sites excluding steroid dienone is 1. The van der Waals surface area contributed by atoms with Crippen LogP contribution in [0.4, 0.5) is 0 Å². The highest BCUT2D eigenvalue weighted by molar-refractivity contribution is 7.19. The van der Waals surface area contributed by atoms with Gasteiger partial charge in [-0.05, 0) is 82.1 Å². The highest BCUT2D eigenvalue weighted by atomic mass is 32.1. The third-order valence-corrected chi connectivity index (χ3v) is 12.0. The summed E-state index contributed by atoms with van der Waals surface area (Å²) in [5.74, 6) is 1.96. The minimum absolute atomic E-state index is 0.636. The summed E-state index contributed by atoms with van der Waals surface area (Å²) in [4.78, 5) is 16.9. The van der Waals surface area contributed by atoms with E-state index in [2.05, 4.69) is 158 Å². The molecule has 0 N–H and O–H groups in total. The minimum Gasteiger partial charge on any atom is -0.456 e. The zero-order valence-corrected chi connectivity index (χ0v) is 31.1. The van der Waals surface area contributed by atoms with Gasteiger partial charge in [0.15, 0.2) is 17.5 Å². The number of benzene rings is 7. The number of furan rings is 1. The van der Waals surface area contributed by atoms with Crippen LogP contribution >= 0.6 is 11.3 Å². The molecule has 0 atom stereocenters. The first-order chi connectivity index (χ1) is 27.7. The molecule has 0 saturated carbocycles. The van der Waals surface area contributed by atoms with Crippen LogP contribution < -0.4 is 0 Å². The van der Waals surface area contributed by atoms with Crippen LogP contribution in [0, 0.1) is 0 Å². The van der Waals surface area contributed by atoms with Crippen molar-refractivity contribution in [1.82, 2.24) is 15.0 Å². The topological polar surface area (TPSA) is 51.8 Å². The molecule has 3 heterocycles. The van der Waals surface area contributed by atoms with Crippen molar-refractivity contribution < 1.29 is 4.42 Å². The molecule has 0 unspecified atom stereocenters. The van der Waals surface area contributed by atoms with E-state index in [1.165, 1.54) is 37.2 Å². The standard InChI is InChI=1S/C51H33N3OS/c1-3-14-32(15-4-1)37-20-7-8-21-38(37)35-28-29-43-42(31-35)47-39(23-12-25-44(47)55-43)34-18-11-19-36(30-34)50-52-49(33-16-5-2-6-17-33)53-51(54-50)41-24-13-27-46-48(41)40-22-9-10-26-45(40)56-46/h1-9,11-25,27-31H,10,26H2. The second kappa shape index (κ2) is 13.4. The summed E-state index contributed by atoms with van der Waals surface area (Å²) in [6.07, 6.45) is 6.69. The molecule has 264 valence electrons. The first kappa shape index (κ1) is 32.5. The lowest BCUT2D eigenvalue weighted by Gasteiger charge is -2.12. The summed E-state index contributed by atoms with van der Waals surface area (Å²) in [6.45, 7) is 0. The van der Waals surface area contributed by atoms with Crippen molar-refractivity contribution in [2.75, 3.05) is 0 Å². The van der Waals surface area contributed by atoms with Crippen molar-refractivity contribution in [2.24, 2.45) is 0 Å². The van der Waals surface area contributed by atoms with Gasteiger partial charge in [-0.1, -0.05) is 146 Å². The molecule has 7 aromatic carbocycles. The molecule has 56 heavy (non-hydrogen) atoms. The fraction of sp³-hybridized carbons (Fsp3) is 0.0392. The Morgan fingerprint density at radius 3 is 1.91 bits per heavy atom. The van der Waals surface area contributed by atoms with Gasteiger partial charge in [0.1, 0.15) is 11.2 Å². The van der Waals surface area contributed by atoms with E-state index in [4.69, 9.17) is 19.4 Å². The number of aryl methyl sites for hydroxylation is 1. The summed E-state index contributed by atoms with van der Waals surface area (Å²) >= 11 is 1.88. The number of nitrogens with zero attached hydrogens (tertiary/aromatic N) is 3. The number of rotatable bonds is 6. The van der Waals surface area contributed by atoms with Gasteiger partial charge in [-0.25, -0.2) is 15.0 Å². The van der Waals surface area contributed by atoms with E-state index in [0.29, 0.717) is 17.5 Å². The molecular formula is C51H33N3OS. The Morgan fingerprint density at radius 1 is 0.446 bits per heavy atom. The van der Waals surface area contributed by atoms with Crippen molar-refractivity contribution in [1.29, 1.82) is 0 Å². The molecule has 10 aromatic rings. The fourth-order valence-electron chi connectivity index (χ4n) is 8.19. The highest BCUT2D eigenvalue weighted by Gasteiger charge is 2.21. The summed E-state index contributed by atoms with van der Waals surface area (Å²) in [6, 6.07) is 57.3. The van der Waals surface area contributed by atoms with Crippen molar-refractivity contribution >= 4 is 49.4 Å². The van der Waals surface area contributed by atoms with Crippen LogP contribution in [0.3, 0.4) is 0 Å². The number of aromatic nitrogens is 3. The van der Waals surface area contributed by atoms with Crippen LogP contribution in [0.5, 0.6) is 0 Å². The summed E-state index contributed by atoms with van der Waals surface area (Å²) in [7, 11) is 0. The fourth-order valence-corrected chi connectivity index (χ4v) is 9.43. The lowest BCUT2D eigenvalue weighted by Crippen LogP contribution is -2.01. The quantitative estimate of drug-likeness (QED) is 0.171. The van der Waals surface area contributed by atoms with E-state index in [9.17, 15) is 0 Å². The molecule has 0 spiro atoms. The third-order valence-electron chi connectivity index (χ3n) is 10.8.